The van der Waals surface area contributed by atoms with Gasteiger partial charge in [-0.3, -0.25) is 4.79 Å². The third kappa shape index (κ3) is 3.93. The van der Waals surface area contributed by atoms with Crippen molar-refractivity contribution >= 4 is 5.91 Å². The number of carbonyl (C=O) groups excluding carboxylic acids is 1. The molecular formula is C17H20N2O. The summed E-state index contributed by atoms with van der Waals surface area (Å²) in [4.78, 5) is 11.0. The van der Waals surface area contributed by atoms with E-state index in [1.165, 1.54) is 5.56 Å². The van der Waals surface area contributed by atoms with Crippen LogP contribution in [0.5, 0.6) is 0 Å². The van der Waals surface area contributed by atoms with E-state index in [0.717, 1.165) is 18.7 Å². The van der Waals surface area contributed by atoms with Gasteiger partial charge in [-0.15, -0.1) is 0 Å². The lowest BCUT2D eigenvalue weighted by Crippen LogP contribution is -2.19. The summed E-state index contributed by atoms with van der Waals surface area (Å²) >= 11 is 0. The Kier molecular flexibility index (Phi) is 4.91. The molecule has 2 aromatic rings. The first-order valence-corrected chi connectivity index (χ1v) is 6.81. The molecule has 3 N–H and O–H groups in total. The second-order valence-electron chi connectivity index (χ2n) is 5.00. The Morgan fingerprint density at radius 2 is 1.75 bits per heavy atom. The van der Waals surface area contributed by atoms with Gasteiger partial charge in [0.1, 0.15) is 0 Å². The van der Waals surface area contributed by atoms with Crippen LogP contribution in [0.3, 0.4) is 0 Å². The first-order valence-electron chi connectivity index (χ1n) is 6.81. The fraction of sp³-hybridized carbons (Fsp3) is 0.235. The lowest BCUT2D eigenvalue weighted by Gasteiger charge is -2.13. The zero-order valence-corrected chi connectivity index (χ0v) is 11.7. The Balaban J connectivity index is 1.82. The van der Waals surface area contributed by atoms with Crippen molar-refractivity contribution in [3.05, 3.63) is 71.3 Å². The average molecular weight is 268 g/mol. The molecule has 0 aliphatic heterocycles. The Bertz CT molecular complexity index is 549. The molecule has 104 valence electrons. The van der Waals surface area contributed by atoms with Gasteiger partial charge in [-0.1, -0.05) is 49.4 Å². The van der Waals surface area contributed by atoms with E-state index in [4.69, 9.17) is 5.73 Å². The average Bonchev–Trinajstić information content (AvgIpc) is 2.48. The first kappa shape index (κ1) is 14.3. The summed E-state index contributed by atoms with van der Waals surface area (Å²) in [6.07, 6.45) is 0. The largest absolute Gasteiger partial charge is 0.366 e. The molecule has 20 heavy (non-hydrogen) atoms. The highest BCUT2D eigenvalue weighted by Gasteiger charge is 2.04. The minimum absolute atomic E-state index is 0.387. The van der Waals surface area contributed by atoms with E-state index < -0.39 is 0 Å². The molecule has 0 saturated carbocycles. The maximum absolute atomic E-state index is 11.0. The molecule has 2 aromatic carbocycles. The van der Waals surface area contributed by atoms with E-state index in [9.17, 15) is 4.79 Å². The lowest BCUT2D eigenvalue weighted by molar-refractivity contribution is 0.100. The number of carbonyl (C=O) groups is 1. The Hall–Kier alpha value is -2.13. The molecule has 0 aliphatic carbocycles. The van der Waals surface area contributed by atoms with Crippen LogP contribution in [-0.2, 0) is 6.54 Å². The summed E-state index contributed by atoms with van der Waals surface area (Å²) < 4.78 is 0. The van der Waals surface area contributed by atoms with Crippen molar-refractivity contribution in [1.82, 2.24) is 5.32 Å². The van der Waals surface area contributed by atoms with Gasteiger partial charge in [-0.05, 0) is 29.2 Å². The minimum atomic E-state index is -0.387. The minimum Gasteiger partial charge on any atom is -0.366 e. The summed E-state index contributed by atoms with van der Waals surface area (Å²) in [5, 5.41) is 3.43. The molecule has 0 unspecified atom stereocenters. The molecule has 3 heteroatoms. The second kappa shape index (κ2) is 6.87. The van der Waals surface area contributed by atoms with Crippen LogP contribution in [-0.4, -0.2) is 12.5 Å². The predicted octanol–water partition coefficient (Wildman–Crippen LogP) is 2.68. The van der Waals surface area contributed by atoms with Crippen LogP contribution in [0.25, 0.3) is 0 Å². The number of hydrogen-bond acceptors (Lipinski definition) is 2. The van der Waals surface area contributed by atoms with Gasteiger partial charge in [-0.25, -0.2) is 0 Å². The summed E-state index contributed by atoms with van der Waals surface area (Å²) in [6, 6.07) is 17.8. The number of rotatable bonds is 6. The standard InChI is InChI=1S/C17H20N2O/c1-13(15-5-3-2-4-6-15)11-19-12-14-7-9-16(10-8-14)17(18)20/h2-10,13,19H,11-12H2,1H3,(H2,18,20)/t13-/m1/s1. The van der Waals surface area contributed by atoms with Crippen molar-refractivity contribution < 1.29 is 4.79 Å². The molecule has 2 rings (SSSR count). The number of nitrogens with two attached hydrogens (primary N) is 1. The van der Waals surface area contributed by atoms with E-state index in [-0.39, 0.29) is 5.91 Å². The quantitative estimate of drug-likeness (QED) is 0.846. The third-order valence-electron chi connectivity index (χ3n) is 3.39. The maximum Gasteiger partial charge on any atom is 0.248 e. The van der Waals surface area contributed by atoms with Crippen molar-refractivity contribution in [1.29, 1.82) is 0 Å². The van der Waals surface area contributed by atoms with Crippen molar-refractivity contribution in [2.24, 2.45) is 5.73 Å². The van der Waals surface area contributed by atoms with E-state index in [1.54, 1.807) is 12.1 Å². The van der Waals surface area contributed by atoms with Gasteiger partial charge < -0.3 is 11.1 Å². The molecule has 0 heterocycles. The molecule has 1 atom stereocenters. The van der Waals surface area contributed by atoms with Gasteiger partial charge in [0.25, 0.3) is 0 Å². The number of benzene rings is 2. The predicted molar refractivity (Wildman–Crippen MR) is 81.5 cm³/mol. The van der Waals surface area contributed by atoms with Crippen molar-refractivity contribution in [2.75, 3.05) is 6.54 Å². The molecule has 0 spiro atoms. The van der Waals surface area contributed by atoms with Crippen LogP contribution in [0, 0.1) is 0 Å². The van der Waals surface area contributed by atoms with Crippen LogP contribution in [0.2, 0.25) is 0 Å². The Morgan fingerprint density at radius 3 is 2.35 bits per heavy atom. The highest BCUT2D eigenvalue weighted by Crippen LogP contribution is 2.13. The lowest BCUT2D eigenvalue weighted by atomic mass is 10.0. The van der Waals surface area contributed by atoms with Gasteiger partial charge in [-0.2, -0.15) is 0 Å². The second-order valence-corrected chi connectivity index (χ2v) is 5.00. The summed E-state index contributed by atoms with van der Waals surface area (Å²) in [7, 11) is 0. The van der Waals surface area contributed by atoms with E-state index in [0.29, 0.717) is 11.5 Å². The molecule has 0 bridgehead atoms. The summed E-state index contributed by atoms with van der Waals surface area (Å²) in [6.45, 7) is 3.91. The smallest absolute Gasteiger partial charge is 0.248 e. The van der Waals surface area contributed by atoms with Gasteiger partial charge in [0.2, 0.25) is 5.91 Å². The topological polar surface area (TPSA) is 55.1 Å². The van der Waals surface area contributed by atoms with Crippen molar-refractivity contribution in [3.8, 4) is 0 Å². The fourth-order valence-electron chi connectivity index (χ4n) is 2.12. The molecule has 0 aliphatic rings. The Morgan fingerprint density at radius 1 is 1.10 bits per heavy atom. The zero-order valence-electron chi connectivity index (χ0n) is 11.7. The molecular weight excluding hydrogens is 248 g/mol. The highest BCUT2D eigenvalue weighted by atomic mass is 16.1. The van der Waals surface area contributed by atoms with Gasteiger partial charge in [0, 0.05) is 18.7 Å². The first-order chi connectivity index (χ1) is 9.66. The molecule has 1 amide bonds. The number of hydrogen-bond donors (Lipinski definition) is 2. The molecule has 0 radical (unpaired) electrons. The summed E-state index contributed by atoms with van der Waals surface area (Å²) in [5.41, 5.74) is 8.25. The number of amides is 1. The highest BCUT2D eigenvalue weighted by molar-refractivity contribution is 5.92. The van der Waals surface area contributed by atoms with E-state index in [2.05, 4.69) is 36.5 Å². The molecule has 3 nitrogen and oxygen atoms in total. The van der Waals surface area contributed by atoms with Crippen LogP contribution in [0.1, 0.15) is 34.3 Å². The van der Waals surface area contributed by atoms with Crippen LogP contribution in [0.15, 0.2) is 54.6 Å². The normalized spacial score (nSPS) is 12.1. The van der Waals surface area contributed by atoms with E-state index in [1.807, 2.05) is 18.2 Å². The summed E-state index contributed by atoms with van der Waals surface area (Å²) in [5.74, 6) is 0.0864. The monoisotopic (exact) mass is 268 g/mol. The maximum atomic E-state index is 11.0. The van der Waals surface area contributed by atoms with Crippen LogP contribution >= 0.6 is 0 Å². The van der Waals surface area contributed by atoms with Crippen LogP contribution in [0.4, 0.5) is 0 Å². The Labute approximate surface area is 119 Å². The number of primary amides is 1. The molecule has 0 fully saturated rings. The van der Waals surface area contributed by atoms with Crippen molar-refractivity contribution in [2.45, 2.75) is 19.4 Å². The van der Waals surface area contributed by atoms with Gasteiger partial charge >= 0.3 is 0 Å². The van der Waals surface area contributed by atoms with Crippen LogP contribution < -0.4 is 11.1 Å². The molecule has 0 saturated heterocycles. The van der Waals surface area contributed by atoms with Gasteiger partial charge in [0.15, 0.2) is 0 Å². The van der Waals surface area contributed by atoms with Gasteiger partial charge in [0.05, 0.1) is 0 Å². The third-order valence-corrected chi connectivity index (χ3v) is 3.39. The van der Waals surface area contributed by atoms with E-state index >= 15 is 0 Å². The molecule has 0 aromatic heterocycles. The zero-order chi connectivity index (χ0) is 14.4. The SMILES string of the molecule is C[C@H](CNCc1ccc(C(N)=O)cc1)c1ccccc1. The fourth-order valence-corrected chi connectivity index (χ4v) is 2.12. The van der Waals surface area contributed by atoms with Crippen molar-refractivity contribution in [3.63, 3.8) is 0 Å². The number of nitrogens with one attached hydrogen (secondary N) is 1.